The first-order chi connectivity index (χ1) is 12.3. The van der Waals surface area contributed by atoms with Crippen LogP contribution in [-0.4, -0.2) is 47.8 Å². The fraction of sp³-hybridized carbons (Fsp3) is 0.556. The molecule has 7 nitrogen and oxygen atoms in total. The van der Waals surface area contributed by atoms with Crippen molar-refractivity contribution < 1.29 is 13.2 Å². The van der Waals surface area contributed by atoms with Crippen LogP contribution in [0.4, 0.5) is 0 Å². The fourth-order valence-electron chi connectivity index (χ4n) is 2.90. The van der Waals surface area contributed by atoms with E-state index in [2.05, 4.69) is 10.3 Å². The minimum Gasteiger partial charge on any atom is -0.356 e. The molecule has 2 aromatic rings. The minimum absolute atomic E-state index is 0.00343. The molecule has 0 aliphatic rings. The second-order valence-electron chi connectivity index (χ2n) is 6.18. The largest absolute Gasteiger partial charge is 0.356 e. The monoisotopic (exact) mass is 380 g/mol. The molecule has 8 heteroatoms. The Morgan fingerprint density at radius 1 is 1.23 bits per heavy atom. The summed E-state index contributed by atoms with van der Waals surface area (Å²) in [6.07, 6.45) is 1.78. The van der Waals surface area contributed by atoms with E-state index in [-0.39, 0.29) is 10.8 Å². The van der Waals surface area contributed by atoms with Crippen LogP contribution in [0.25, 0.3) is 11.0 Å². The summed E-state index contributed by atoms with van der Waals surface area (Å²) in [5, 5.41) is 2.85. The molecule has 1 heterocycles. The summed E-state index contributed by atoms with van der Waals surface area (Å²) >= 11 is 0. The van der Waals surface area contributed by atoms with E-state index in [9.17, 15) is 13.2 Å². The molecule has 1 aromatic carbocycles. The number of carbonyl (C=O) groups is 1. The quantitative estimate of drug-likeness (QED) is 0.722. The second kappa shape index (κ2) is 8.64. The van der Waals surface area contributed by atoms with E-state index in [1.54, 1.807) is 18.2 Å². The number of nitrogens with one attached hydrogen (secondary N) is 1. The SMILES string of the molecule is CCCNC(=O)CCc1nc2cc(S(=O)(=O)N(CC)CC)ccc2n1C. The Balaban J connectivity index is 2.27. The maximum Gasteiger partial charge on any atom is 0.243 e. The van der Waals surface area contributed by atoms with Gasteiger partial charge in [0.15, 0.2) is 0 Å². The average Bonchev–Trinajstić information content (AvgIpc) is 2.94. The second-order valence-corrected chi connectivity index (χ2v) is 8.11. The summed E-state index contributed by atoms with van der Waals surface area (Å²) in [5.41, 5.74) is 1.48. The molecule has 0 saturated carbocycles. The molecule has 0 unspecified atom stereocenters. The highest BCUT2D eigenvalue weighted by Gasteiger charge is 2.22. The minimum atomic E-state index is -3.51. The van der Waals surface area contributed by atoms with Crippen molar-refractivity contribution in [3.63, 3.8) is 0 Å². The molecule has 144 valence electrons. The Labute approximate surface area is 155 Å². The number of amides is 1. The zero-order valence-corrected chi connectivity index (χ0v) is 16.8. The van der Waals surface area contributed by atoms with Crippen LogP contribution in [-0.2, 0) is 28.3 Å². The number of nitrogens with zero attached hydrogens (tertiary/aromatic N) is 3. The third-order valence-corrected chi connectivity index (χ3v) is 6.48. The van der Waals surface area contributed by atoms with Gasteiger partial charge in [-0.15, -0.1) is 0 Å². The molecule has 0 aliphatic heterocycles. The Morgan fingerprint density at radius 2 is 1.92 bits per heavy atom. The third-order valence-electron chi connectivity index (χ3n) is 4.44. The maximum atomic E-state index is 12.7. The van der Waals surface area contributed by atoms with Crippen molar-refractivity contribution in [2.24, 2.45) is 7.05 Å². The van der Waals surface area contributed by atoms with Gasteiger partial charge in [-0.2, -0.15) is 4.31 Å². The standard InChI is InChI=1S/C18H28N4O3S/c1-5-12-19-18(23)11-10-17-20-15-13-14(8-9-16(15)21(17)4)26(24,25)22(6-2)7-3/h8-9,13H,5-7,10-12H2,1-4H3,(H,19,23). The first-order valence-corrected chi connectivity index (χ1v) is 10.5. The lowest BCUT2D eigenvalue weighted by Crippen LogP contribution is -2.30. The summed E-state index contributed by atoms with van der Waals surface area (Å²) < 4.78 is 28.7. The number of fused-ring (bicyclic) bond motifs is 1. The van der Waals surface area contributed by atoms with Gasteiger partial charge in [0.05, 0.1) is 15.9 Å². The lowest BCUT2D eigenvalue weighted by molar-refractivity contribution is -0.121. The van der Waals surface area contributed by atoms with Crippen molar-refractivity contribution in [2.75, 3.05) is 19.6 Å². The van der Waals surface area contributed by atoms with E-state index >= 15 is 0 Å². The van der Waals surface area contributed by atoms with Crippen LogP contribution in [0.15, 0.2) is 23.1 Å². The van der Waals surface area contributed by atoms with Crippen LogP contribution >= 0.6 is 0 Å². The predicted molar refractivity (Wildman–Crippen MR) is 102 cm³/mol. The third kappa shape index (κ3) is 4.24. The topological polar surface area (TPSA) is 84.3 Å². The van der Waals surface area contributed by atoms with Crippen molar-refractivity contribution in [1.29, 1.82) is 0 Å². The van der Waals surface area contributed by atoms with Gasteiger partial charge in [0.25, 0.3) is 0 Å². The summed E-state index contributed by atoms with van der Waals surface area (Å²) in [6.45, 7) is 7.18. The summed E-state index contributed by atoms with van der Waals surface area (Å²) in [7, 11) is -1.63. The zero-order valence-electron chi connectivity index (χ0n) is 15.9. The molecule has 26 heavy (non-hydrogen) atoms. The first kappa shape index (κ1) is 20.4. The number of hydrogen-bond acceptors (Lipinski definition) is 4. The van der Waals surface area contributed by atoms with E-state index in [4.69, 9.17) is 0 Å². The molecule has 0 fully saturated rings. The smallest absolute Gasteiger partial charge is 0.243 e. The highest BCUT2D eigenvalue weighted by molar-refractivity contribution is 7.89. The van der Waals surface area contributed by atoms with Crippen molar-refractivity contribution in [3.8, 4) is 0 Å². The molecule has 0 atom stereocenters. The molecule has 0 aliphatic carbocycles. The highest BCUT2D eigenvalue weighted by atomic mass is 32.2. The molecule has 0 spiro atoms. The first-order valence-electron chi connectivity index (χ1n) is 9.07. The number of benzene rings is 1. The Kier molecular flexibility index (Phi) is 6.77. The summed E-state index contributed by atoms with van der Waals surface area (Å²) in [6, 6.07) is 5.01. The molecule has 1 aromatic heterocycles. The molecular formula is C18H28N4O3S. The molecule has 0 radical (unpaired) electrons. The van der Waals surface area contributed by atoms with Crippen molar-refractivity contribution in [3.05, 3.63) is 24.0 Å². The van der Waals surface area contributed by atoms with Gasteiger partial charge < -0.3 is 9.88 Å². The van der Waals surface area contributed by atoms with Crippen LogP contribution in [0.2, 0.25) is 0 Å². The fourth-order valence-corrected chi connectivity index (χ4v) is 4.38. The zero-order chi connectivity index (χ0) is 19.3. The van der Waals surface area contributed by atoms with Crippen LogP contribution < -0.4 is 5.32 Å². The van der Waals surface area contributed by atoms with E-state index in [0.29, 0.717) is 38.0 Å². The lowest BCUT2D eigenvalue weighted by atomic mass is 10.3. The Hall–Kier alpha value is -1.93. The number of imidazole rings is 1. The van der Waals surface area contributed by atoms with Crippen LogP contribution in [0.3, 0.4) is 0 Å². The number of hydrogen-bond donors (Lipinski definition) is 1. The van der Waals surface area contributed by atoms with Crippen LogP contribution in [0.1, 0.15) is 39.4 Å². The molecular weight excluding hydrogens is 352 g/mol. The van der Waals surface area contributed by atoms with E-state index in [0.717, 1.165) is 17.8 Å². The molecule has 0 saturated heterocycles. The van der Waals surface area contributed by atoms with Crippen LogP contribution in [0, 0.1) is 0 Å². The van der Waals surface area contributed by atoms with Crippen molar-refractivity contribution >= 4 is 27.0 Å². The van der Waals surface area contributed by atoms with Gasteiger partial charge in [-0.25, -0.2) is 13.4 Å². The lowest BCUT2D eigenvalue weighted by Gasteiger charge is -2.18. The molecule has 1 amide bonds. The van der Waals surface area contributed by atoms with Gasteiger partial charge in [0.2, 0.25) is 15.9 Å². The van der Waals surface area contributed by atoms with Crippen molar-refractivity contribution in [1.82, 2.24) is 19.2 Å². The molecule has 2 rings (SSSR count). The van der Waals surface area contributed by atoms with Gasteiger partial charge in [-0.05, 0) is 24.6 Å². The van der Waals surface area contributed by atoms with Gasteiger partial charge in [0, 0.05) is 39.5 Å². The predicted octanol–water partition coefficient (Wildman–Crippen LogP) is 2.06. The van der Waals surface area contributed by atoms with Gasteiger partial charge in [-0.3, -0.25) is 4.79 Å². The number of sulfonamides is 1. The number of aryl methyl sites for hydroxylation is 2. The molecule has 1 N–H and O–H groups in total. The van der Waals surface area contributed by atoms with Crippen LogP contribution in [0.5, 0.6) is 0 Å². The normalized spacial score (nSPS) is 12.0. The maximum absolute atomic E-state index is 12.7. The van der Waals surface area contributed by atoms with Crippen molar-refractivity contribution in [2.45, 2.75) is 44.9 Å². The summed E-state index contributed by atoms with van der Waals surface area (Å²) in [4.78, 5) is 16.6. The summed E-state index contributed by atoms with van der Waals surface area (Å²) in [5.74, 6) is 0.771. The van der Waals surface area contributed by atoms with Gasteiger partial charge >= 0.3 is 0 Å². The number of rotatable bonds is 9. The van der Waals surface area contributed by atoms with E-state index in [1.165, 1.54) is 4.31 Å². The number of aromatic nitrogens is 2. The van der Waals surface area contributed by atoms with Gasteiger partial charge in [0.1, 0.15) is 5.82 Å². The van der Waals surface area contributed by atoms with Gasteiger partial charge in [-0.1, -0.05) is 20.8 Å². The highest BCUT2D eigenvalue weighted by Crippen LogP contribution is 2.22. The van der Waals surface area contributed by atoms with E-state index < -0.39 is 10.0 Å². The Bertz CT molecular complexity index is 870. The van der Waals surface area contributed by atoms with E-state index in [1.807, 2.05) is 32.4 Å². The average molecular weight is 381 g/mol. The molecule has 0 bridgehead atoms. The Morgan fingerprint density at radius 3 is 2.54 bits per heavy atom. The number of carbonyl (C=O) groups excluding carboxylic acids is 1.